The molecule has 8 nitrogen and oxygen atoms in total. The summed E-state index contributed by atoms with van der Waals surface area (Å²) >= 11 is 0. The normalized spacial score (nSPS) is 20.2. The summed E-state index contributed by atoms with van der Waals surface area (Å²) in [5.74, 6) is -0.227. The van der Waals surface area contributed by atoms with Crippen LogP contribution in [0.2, 0.25) is 0 Å². The van der Waals surface area contributed by atoms with Crippen LogP contribution in [0, 0.1) is 0 Å². The van der Waals surface area contributed by atoms with Crippen molar-refractivity contribution < 1.29 is 14.3 Å². The van der Waals surface area contributed by atoms with Gasteiger partial charge in [-0.15, -0.1) is 0 Å². The molecule has 4 rings (SSSR count). The van der Waals surface area contributed by atoms with Crippen molar-refractivity contribution in [3.63, 3.8) is 0 Å². The first kappa shape index (κ1) is 16.6. The van der Waals surface area contributed by atoms with Crippen LogP contribution in [0.25, 0.3) is 5.65 Å². The number of ether oxygens (including phenoxy) is 2. The number of aromatic nitrogens is 4. The van der Waals surface area contributed by atoms with Gasteiger partial charge in [0.15, 0.2) is 5.65 Å². The van der Waals surface area contributed by atoms with Gasteiger partial charge < -0.3 is 14.8 Å². The van der Waals surface area contributed by atoms with E-state index in [0.717, 1.165) is 5.69 Å². The Labute approximate surface area is 150 Å². The molecule has 1 aliphatic heterocycles. The molecule has 2 atom stereocenters. The summed E-state index contributed by atoms with van der Waals surface area (Å²) in [7, 11) is 0. The van der Waals surface area contributed by atoms with E-state index in [1.807, 2.05) is 18.2 Å². The lowest BCUT2D eigenvalue weighted by Crippen LogP contribution is -2.50. The SMILES string of the molecule is O=C(N[C@H]1CCOC[C@@H]1OCc1ccccn1)c1cnc2cccnn12. The highest BCUT2D eigenvalue weighted by Crippen LogP contribution is 2.14. The average molecular weight is 353 g/mol. The molecule has 0 unspecified atom stereocenters. The second-order valence-electron chi connectivity index (χ2n) is 6.05. The van der Waals surface area contributed by atoms with Crippen LogP contribution in [0.5, 0.6) is 0 Å². The lowest BCUT2D eigenvalue weighted by Gasteiger charge is -2.31. The molecule has 0 radical (unpaired) electrons. The van der Waals surface area contributed by atoms with Gasteiger partial charge >= 0.3 is 0 Å². The predicted molar refractivity (Wildman–Crippen MR) is 92.5 cm³/mol. The van der Waals surface area contributed by atoms with Gasteiger partial charge in [0.1, 0.15) is 11.8 Å². The summed E-state index contributed by atoms with van der Waals surface area (Å²) in [6.45, 7) is 1.39. The van der Waals surface area contributed by atoms with Gasteiger partial charge in [-0.3, -0.25) is 9.78 Å². The number of carbonyl (C=O) groups excluding carboxylic acids is 1. The predicted octanol–water partition coefficient (Wildman–Crippen LogP) is 1.23. The lowest BCUT2D eigenvalue weighted by atomic mass is 10.1. The Kier molecular flexibility index (Phi) is 4.85. The van der Waals surface area contributed by atoms with E-state index in [0.29, 0.717) is 37.6 Å². The first-order valence-corrected chi connectivity index (χ1v) is 8.50. The van der Waals surface area contributed by atoms with Crippen molar-refractivity contribution >= 4 is 11.6 Å². The summed E-state index contributed by atoms with van der Waals surface area (Å²) in [4.78, 5) is 21.1. The number of fused-ring (bicyclic) bond motifs is 1. The highest BCUT2D eigenvalue weighted by atomic mass is 16.5. The van der Waals surface area contributed by atoms with E-state index in [1.54, 1.807) is 24.5 Å². The molecule has 3 aromatic heterocycles. The zero-order valence-electron chi connectivity index (χ0n) is 14.1. The van der Waals surface area contributed by atoms with Crippen molar-refractivity contribution in [2.75, 3.05) is 13.2 Å². The Morgan fingerprint density at radius 3 is 3.12 bits per heavy atom. The molecule has 3 aromatic rings. The Morgan fingerprint density at radius 2 is 2.23 bits per heavy atom. The summed E-state index contributed by atoms with van der Waals surface area (Å²) in [6.07, 6.45) is 5.33. The van der Waals surface area contributed by atoms with Crippen molar-refractivity contribution in [2.45, 2.75) is 25.2 Å². The van der Waals surface area contributed by atoms with E-state index in [2.05, 4.69) is 20.4 Å². The second-order valence-corrected chi connectivity index (χ2v) is 6.05. The molecule has 1 fully saturated rings. The maximum atomic E-state index is 12.7. The summed E-state index contributed by atoms with van der Waals surface area (Å²) < 4.78 is 13.0. The smallest absolute Gasteiger partial charge is 0.271 e. The van der Waals surface area contributed by atoms with Crippen molar-refractivity contribution in [3.05, 3.63) is 60.3 Å². The second kappa shape index (κ2) is 7.59. The molecule has 0 spiro atoms. The lowest BCUT2D eigenvalue weighted by molar-refractivity contribution is -0.0743. The van der Waals surface area contributed by atoms with E-state index in [4.69, 9.17) is 9.47 Å². The van der Waals surface area contributed by atoms with E-state index in [9.17, 15) is 4.79 Å². The molecule has 134 valence electrons. The van der Waals surface area contributed by atoms with Gasteiger partial charge in [-0.1, -0.05) is 6.07 Å². The largest absolute Gasteiger partial charge is 0.379 e. The molecule has 4 heterocycles. The van der Waals surface area contributed by atoms with Crippen LogP contribution >= 0.6 is 0 Å². The fraction of sp³-hybridized carbons (Fsp3) is 0.333. The number of hydrogen-bond acceptors (Lipinski definition) is 6. The molecule has 0 bridgehead atoms. The molecule has 0 aliphatic carbocycles. The van der Waals surface area contributed by atoms with E-state index in [1.165, 1.54) is 10.7 Å². The number of amides is 1. The maximum Gasteiger partial charge on any atom is 0.271 e. The molecule has 1 N–H and O–H groups in total. The van der Waals surface area contributed by atoms with Crippen LogP contribution in [-0.2, 0) is 16.1 Å². The fourth-order valence-electron chi connectivity index (χ4n) is 2.94. The third-order valence-electron chi connectivity index (χ3n) is 4.30. The molecule has 8 heteroatoms. The van der Waals surface area contributed by atoms with Gasteiger partial charge in [0.25, 0.3) is 5.91 Å². The van der Waals surface area contributed by atoms with Crippen molar-refractivity contribution in [3.8, 4) is 0 Å². The van der Waals surface area contributed by atoms with Gasteiger partial charge in [0.05, 0.1) is 31.1 Å². The summed E-state index contributed by atoms with van der Waals surface area (Å²) in [5.41, 5.74) is 1.87. The topological polar surface area (TPSA) is 90.6 Å². The van der Waals surface area contributed by atoms with E-state index >= 15 is 0 Å². The summed E-state index contributed by atoms with van der Waals surface area (Å²) in [5, 5.41) is 7.21. The number of hydrogen-bond donors (Lipinski definition) is 1. The average Bonchev–Trinajstić information content (AvgIpc) is 3.12. The zero-order chi connectivity index (χ0) is 17.8. The Balaban J connectivity index is 1.43. The molecular weight excluding hydrogens is 334 g/mol. The minimum atomic E-state index is -0.234. The fourth-order valence-corrected chi connectivity index (χ4v) is 2.94. The van der Waals surface area contributed by atoms with Gasteiger partial charge in [-0.25, -0.2) is 9.50 Å². The van der Waals surface area contributed by atoms with Crippen LogP contribution in [0.4, 0.5) is 0 Å². The highest BCUT2D eigenvalue weighted by molar-refractivity contribution is 5.93. The Hall–Kier alpha value is -2.84. The van der Waals surface area contributed by atoms with Crippen molar-refractivity contribution in [1.29, 1.82) is 0 Å². The van der Waals surface area contributed by atoms with E-state index in [-0.39, 0.29) is 18.1 Å². The monoisotopic (exact) mass is 353 g/mol. The van der Waals surface area contributed by atoms with Crippen molar-refractivity contribution in [2.24, 2.45) is 0 Å². The number of pyridine rings is 1. The van der Waals surface area contributed by atoms with Crippen LogP contribution < -0.4 is 5.32 Å². The molecule has 1 aliphatic rings. The van der Waals surface area contributed by atoms with Gasteiger partial charge in [-0.2, -0.15) is 5.10 Å². The third kappa shape index (κ3) is 3.56. The first-order valence-electron chi connectivity index (χ1n) is 8.50. The summed E-state index contributed by atoms with van der Waals surface area (Å²) in [6, 6.07) is 9.12. The molecule has 26 heavy (non-hydrogen) atoms. The third-order valence-corrected chi connectivity index (χ3v) is 4.30. The molecule has 1 amide bonds. The molecule has 1 saturated heterocycles. The van der Waals surface area contributed by atoms with Gasteiger partial charge in [0, 0.05) is 19.0 Å². The van der Waals surface area contributed by atoms with Crippen LogP contribution in [0.15, 0.2) is 48.9 Å². The molecule has 0 saturated carbocycles. The Morgan fingerprint density at radius 1 is 1.27 bits per heavy atom. The molecule has 0 aromatic carbocycles. The van der Waals surface area contributed by atoms with Crippen LogP contribution in [0.3, 0.4) is 0 Å². The minimum Gasteiger partial charge on any atom is -0.379 e. The van der Waals surface area contributed by atoms with Crippen LogP contribution in [0.1, 0.15) is 22.6 Å². The maximum absolute atomic E-state index is 12.7. The Bertz CT molecular complexity index is 883. The van der Waals surface area contributed by atoms with Gasteiger partial charge in [-0.05, 0) is 30.7 Å². The van der Waals surface area contributed by atoms with Crippen molar-refractivity contribution in [1.82, 2.24) is 24.9 Å². The highest BCUT2D eigenvalue weighted by Gasteiger charge is 2.29. The number of rotatable bonds is 5. The number of nitrogens with one attached hydrogen (secondary N) is 1. The van der Waals surface area contributed by atoms with Crippen LogP contribution in [-0.4, -0.2) is 50.8 Å². The minimum absolute atomic E-state index is 0.144. The quantitative estimate of drug-likeness (QED) is 0.742. The number of nitrogens with zero attached hydrogens (tertiary/aromatic N) is 4. The molecular formula is C18H19N5O3. The van der Waals surface area contributed by atoms with Gasteiger partial charge in [0.2, 0.25) is 0 Å². The first-order chi connectivity index (χ1) is 12.8. The standard InChI is InChI=1S/C18H19N5O3/c24-18(15-10-20-17-5-3-8-21-23(15)17)22-14-6-9-25-12-16(14)26-11-13-4-1-2-7-19-13/h1-5,7-8,10,14,16H,6,9,11-12H2,(H,22,24)/t14-,16-/m0/s1. The number of imidazole rings is 1. The van der Waals surface area contributed by atoms with E-state index < -0.39 is 0 Å². The number of carbonyl (C=O) groups is 1. The zero-order valence-corrected chi connectivity index (χ0v) is 14.1.